The van der Waals surface area contributed by atoms with E-state index >= 15 is 0 Å². The molecule has 1 N–H and O–H groups in total. The molecule has 198 valence electrons. The molecule has 1 aliphatic rings. The molecule has 1 heterocycles. The van der Waals surface area contributed by atoms with Crippen LogP contribution in [-0.2, 0) is 42.6 Å². The van der Waals surface area contributed by atoms with E-state index in [0.29, 0.717) is 30.8 Å². The molecular formula is C25H27F6NO4. The van der Waals surface area contributed by atoms with Crippen LogP contribution in [0.1, 0.15) is 42.0 Å². The van der Waals surface area contributed by atoms with Gasteiger partial charge < -0.3 is 19.5 Å². The lowest BCUT2D eigenvalue weighted by molar-refractivity contribution is -0.291. The van der Waals surface area contributed by atoms with Crippen LogP contribution in [0.3, 0.4) is 0 Å². The first-order valence-electron chi connectivity index (χ1n) is 11.3. The lowest BCUT2D eigenvalue weighted by Gasteiger charge is -2.52. The molecule has 3 rings (SSSR count). The summed E-state index contributed by atoms with van der Waals surface area (Å²) in [5, 5.41) is 3.16. The fourth-order valence-corrected chi connectivity index (χ4v) is 4.75. The Kier molecular flexibility index (Phi) is 8.37. The maximum atomic E-state index is 13.8. The highest BCUT2D eigenvalue weighted by Gasteiger charge is 2.57. The van der Waals surface area contributed by atoms with E-state index in [0.717, 1.165) is 7.11 Å². The Labute approximate surface area is 204 Å². The average molecular weight is 519 g/mol. The average Bonchev–Trinajstić information content (AvgIpc) is 2.86. The van der Waals surface area contributed by atoms with Crippen molar-refractivity contribution < 1.29 is 45.3 Å². The van der Waals surface area contributed by atoms with Gasteiger partial charge in [-0.15, -0.1) is 0 Å². The van der Waals surface area contributed by atoms with Crippen molar-refractivity contribution in [2.24, 2.45) is 0 Å². The van der Waals surface area contributed by atoms with Gasteiger partial charge in [-0.1, -0.05) is 30.3 Å². The van der Waals surface area contributed by atoms with Gasteiger partial charge in [-0.3, -0.25) is 0 Å². The number of piperidine rings is 1. The van der Waals surface area contributed by atoms with E-state index in [4.69, 9.17) is 9.47 Å². The number of methoxy groups -OCH3 is 1. The molecule has 0 aliphatic carbocycles. The number of ether oxygens (including phenoxy) is 3. The highest BCUT2D eigenvalue weighted by molar-refractivity contribution is 5.70. The van der Waals surface area contributed by atoms with Crippen LogP contribution >= 0.6 is 0 Å². The van der Waals surface area contributed by atoms with E-state index in [1.165, 1.54) is 0 Å². The van der Waals surface area contributed by atoms with E-state index in [-0.39, 0.29) is 25.5 Å². The van der Waals surface area contributed by atoms with Crippen molar-refractivity contribution >= 4 is 5.97 Å². The van der Waals surface area contributed by atoms with Gasteiger partial charge in [-0.05, 0) is 56.6 Å². The number of hydrogen-bond acceptors (Lipinski definition) is 5. The minimum Gasteiger partial charge on any atom is -0.467 e. The Morgan fingerprint density at radius 2 is 1.42 bits per heavy atom. The van der Waals surface area contributed by atoms with Gasteiger partial charge in [0.2, 0.25) is 5.79 Å². The molecule has 2 aromatic carbocycles. The molecule has 1 fully saturated rings. The molecular weight excluding hydrogens is 492 g/mol. The number of benzene rings is 2. The molecule has 5 nitrogen and oxygen atoms in total. The van der Waals surface area contributed by atoms with Crippen molar-refractivity contribution in [1.29, 1.82) is 0 Å². The van der Waals surface area contributed by atoms with Crippen LogP contribution < -0.4 is 5.32 Å². The quantitative estimate of drug-likeness (QED) is 0.287. The van der Waals surface area contributed by atoms with Crippen molar-refractivity contribution in [3.8, 4) is 0 Å². The highest BCUT2D eigenvalue weighted by Crippen LogP contribution is 2.53. The highest BCUT2D eigenvalue weighted by atomic mass is 19.4. The fourth-order valence-electron chi connectivity index (χ4n) is 4.75. The largest absolute Gasteiger partial charge is 0.467 e. The topological polar surface area (TPSA) is 56.8 Å². The minimum atomic E-state index is -5.08. The number of alkyl halides is 6. The van der Waals surface area contributed by atoms with Gasteiger partial charge in [0.15, 0.2) is 0 Å². The van der Waals surface area contributed by atoms with Gasteiger partial charge in [-0.25, -0.2) is 4.79 Å². The normalized spacial score (nSPS) is 17.9. The molecule has 1 atom stereocenters. The standard InChI is InChI=1S/C25H27F6NO4/c1-3-35-23(36-16-21(33)34-2,22(9-11-32-12-10-22)17-7-5-4-6-8-17)18-13-19(24(26,27)28)15-20(14-18)25(29,30)31/h4-8,13-15,32H,3,9-12,16H2,1-2H3. The third kappa shape index (κ3) is 5.52. The van der Waals surface area contributed by atoms with Gasteiger partial charge in [0.25, 0.3) is 0 Å². The van der Waals surface area contributed by atoms with Crippen LogP contribution in [0.4, 0.5) is 26.3 Å². The van der Waals surface area contributed by atoms with Gasteiger partial charge >= 0.3 is 18.3 Å². The number of halogens is 6. The molecule has 0 radical (unpaired) electrons. The zero-order valence-electron chi connectivity index (χ0n) is 19.8. The molecule has 0 amide bonds. The molecule has 0 bridgehead atoms. The second kappa shape index (κ2) is 10.8. The number of carbonyl (C=O) groups is 1. The second-order valence-corrected chi connectivity index (χ2v) is 8.41. The predicted molar refractivity (Wildman–Crippen MR) is 118 cm³/mol. The Morgan fingerprint density at radius 1 is 0.889 bits per heavy atom. The SMILES string of the molecule is CCOC(OCC(=O)OC)(c1cc(C(F)(F)F)cc(C(F)(F)F)c1)C1(c2ccccc2)CCNCC1. The fraction of sp³-hybridized carbons (Fsp3) is 0.480. The third-order valence-electron chi connectivity index (χ3n) is 6.35. The Balaban J connectivity index is 2.41. The molecule has 0 aromatic heterocycles. The summed E-state index contributed by atoms with van der Waals surface area (Å²) in [5.41, 5.74) is -4.14. The lowest BCUT2D eigenvalue weighted by Crippen LogP contribution is -2.58. The van der Waals surface area contributed by atoms with Crippen molar-refractivity contribution in [2.45, 2.75) is 43.3 Å². The predicted octanol–water partition coefficient (Wildman–Crippen LogP) is 5.42. The first kappa shape index (κ1) is 27.9. The van der Waals surface area contributed by atoms with E-state index in [2.05, 4.69) is 10.1 Å². The van der Waals surface area contributed by atoms with Crippen LogP contribution in [0.15, 0.2) is 48.5 Å². The summed E-state index contributed by atoms with van der Waals surface area (Å²) >= 11 is 0. The van der Waals surface area contributed by atoms with Crippen molar-refractivity contribution in [3.05, 3.63) is 70.8 Å². The molecule has 36 heavy (non-hydrogen) atoms. The molecule has 1 unspecified atom stereocenters. The number of rotatable bonds is 8. The monoisotopic (exact) mass is 519 g/mol. The second-order valence-electron chi connectivity index (χ2n) is 8.41. The summed E-state index contributed by atoms with van der Waals surface area (Å²) in [6, 6.07) is 9.87. The number of hydrogen-bond donors (Lipinski definition) is 1. The first-order chi connectivity index (χ1) is 16.9. The summed E-state index contributed by atoms with van der Waals surface area (Å²) in [5.74, 6) is -3.04. The zero-order valence-corrected chi connectivity index (χ0v) is 19.8. The molecule has 1 saturated heterocycles. The Hall–Kier alpha value is -2.63. The van der Waals surface area contributed by atoms with Gasteiger partial charge in [0, 0.05) is 12.2 Å². The number of esters is 1. The van der Waals surface area contributed by atoms with E-state index in [9.17, 15) is 31.1 Å². The van der Waals surface area contributed by atoms with Crippen LogP contribution in [-0.4, -0.2) is 39.4 Å². The molecule has 0 saturated carbocycles. The Bertz CT molecular complexity index is 1000. The number of nitrogens with one attached hydrogen (secondary N) is 1. The molecule has 0 spiro atoms. The Morgan fingerprint density at radius 3 is 1.89 bits per heavy atom. The van der Waals surface area contributed by atoms with Crippen molar-refractivity contribution in [2.75, 3.05) is 33.4 Å². The van der Waals surface area contributed by atoms with E-state index < -0.39 is 52.8 Å². The third-order valence-corrected chi connectivity index (χ3v) is 6.35. The van der Waals surface area contributed by atoms with Gasteiger partial charge in [-0.2, -0.15) is 26.3 Å². The minimum absolute atomic E-state index is 0.0537. The van der Waals surface area contributed by atoms with Crippen LogP contribution in [0, 0.1) is 0 Å². The lowest BCUT2D eigenvalue weighted by atomic mass is 9.64. The summed E-state index contributed by atoms with van der Waals surface area (Å²) in [7, 11) is 1.09. The molecule has 2 aromatic rings. The number of carbonyl (C=O) groups excluding carboxylic acids is 1. The summed E-state index contributed by atoms with van der Waals surface area (Å²) in [6.07, 6.45) is -9.67. The molecule has 11 heteroatoms. The summed E-state index contributed by atoms with van der Waals surface area (Å²) in [4.78, 5) is 12.1. The van der Waals surface area contributed by atoms with Crippen LogP contribution in [0.5, 0.6) is 0 Å². The summed E-state index contributed by atoms with van der Waals surface area (Å²) in [6.45, 7) is 1.44. The van der Waals surface area contributed by atoms with Crippen LogP contribution in [0.25, 0.3) is 0 Å². The zero-order chi connectivity index (χ0) is 26.6. The van der Waals surface area contributed by atoms with Crippen molar-refractivity contribution in [1.82, 2.24) is 5.32 Å². The van der Waals surface area contributed by atoms with Crippen LogP contribution in [0.2, 0.25) is 0 Å². The maximum absolute atomic E-state index is 13.8. The first-order valence-corrected chi connectivity index (χ1v) is 11.3. The van der Waals surface area contributed by atoms with E-state index in [1.54, 1.807) is 37.3 Å². The van der Waals surface area contributed by atoms with Gasteiger partial charge in [0.1, 0.15) is 6.61 Å². The summed E-state index contributed by atoms with van der Waals surface area (Å²) < 4.78 is 99.5. The molecule has 1 aliphatic heterocycles. The van der Waals surface area contributed by atoms with Crippen molar-refractivity contribution in [3.63, 3.8) is 0 Å². The van der Waals surface area contributed by atoms with Gasteiger partial charge in [0.05, 0.1) is 23.7 Å². The maximum Gasteiger partial charge on any atom is 0.416 e. The smallest absolute Gasteiger partial charge is 0.416 e. The van der Waals surface area contributed by atoms with E-state index in [1.807, 2.05) is 0 Å².